The van der Waals surface area contributed by atoms with E-state index in [2.05, 4.69) is 10.1 Å². The van der Waals surface area contributed by atoms with Gasteiger partial charge < -0.3 is 0 Å². The van der Waals surface area contributed by atoms with Gasteiger partial charge in [0.2, 0.25) is 0 Å². The second-order valence-electron chi connectivity index (χ2n) is 3.68. The van der Waals surface area contributed by atoms with Gasteiger partial charge in [0.25, 0.3) is 0 Å². The fraction of sp³-hybridized carbons (Fsp3) is 0.273. The first kappa shape index (κ1) is 12.9. The Hall–Kier alpha value is -1.56. The lowest BCUT2D eigenvalue weighted by Crippen LogP contribution is -2.04. The Bertz CT molecular complexity index is 546. The van der Waals surface area contributed by atoms with E-state index in [1.165, 1.54) is 16.8 Å². The molecule has 0 unspecified atom stereocenters. The van der Waals surface area contributed by atoms with E-state index in [-0.39, 0.29) is 5.88 Å². The molecule has 3 nitrogen and oxygen atoms in total. The largest absolute Gasteiger partial charge is 0.416 e. The molecule has 18 heavy (non-hydrogen) atoms. The van der Waals surface area contributed by atoms with Crippen molar-refractivity contribution >= 4 is 11.6 Å². The molecule has 0 radical (unpaired) electrons. The fourth-order valence-electron chi connectivity index (χ4n) is 1.46. The van der Waals surface area contributed by atoms with Crippen LogP contribution >= 0.6 is 11.6 Å². The van der Waals surface area contributed by atoms with Gasteiger partial charge in [-0.15, -0.1) is 11.6 Å². The third-order valence-electron chi connectivity index (χ3n) is 2.44. The predicted molar refractivity (Wildman–Crippen MR) is 61.0 cm³/mol. The Balaban J connectivity index is 2.34. The van der Waals surface area contributed by atoms with Crippen LogP contribution in [0.2, 0.25) is 0 Å². The molecule has 0 spiro atoms. The standard InChI is InChI=1S/C11H9ClF3N3/c1-18-9(6-12)16-10(17-18)7-2-4-8(5-3-7)11(13,14)15/h2-5H,6H2,1H3. The summed E-state index contributed by atoms with van der Waals surface area (Å²) in [5, 5.41) is 4.08. The van der Waals surface area contributed by atoms with E-state index in [1.807, 2.05) is 0 Å². The molecule has 0 saturated heterocycles. The van der Waals surface area contributed by atoms with E-state index in [0.29, 0.717) is 17.2 Å². The minimum atomic E-state index is -4.34. The maximum absolute atomic E-state index is 12.4. The highest BCUT2D eigenvalue weighted by Gasteiger charge is 2.30. The van der Waals surface area contributed by atoms with Gasteiger partial charge in [-0.05, 0) is 12.1 Å². The molecule has 1 heterocycles. The molecule has 0 aliphatic rings. The summed E-state index contributed by atoms with van der Waals surface area (Å²) in [6.07, 6.45) is -4.34. The van der Waals surface area contributed by atoms with Gasteiger partial charge in [0, 0.05) is 12.6 Å². The van der Waals surface area contributed by atoms with Crippen molar-refractivity contribution in [3.63, 3.8) is 0 Å². The van der Waals surface area contributed by atoms with Gasteiger partial charge in [0.15, 0.2) is 5.82 Å². The van der Waals surface area contributed by atoms with E-state index >= 15 is 0 Å². The maximum Gasteiger partial charge on any atom is 0.416 e. The number of rotatable bonds is 2. The zero-order valence-corrected chi connectivity index (χ0v) is 10.1. The van der Waals surface area contributed by atoms with Gasteiger partial charge in [0.1, 0.15) is 5.82 Å². The number of halogens is 4. The number of alkyl halides is 4. The average molecular weight is 276 g/mol. The molecule has 0 fully saturated rings. The second kappa shape index (κ2) is 4.61. The van der Waals surface area contributed by atoms with Crippen molar-refractivity contribution in [1.29, 1.82) is 0 Å². The molecule has 0 aliphatic heterocycles. The van der Waals surface area contributed by atoms with Gasteiger partial charge in [-0.3, -0.25) is 4.68 Å². The number of hydrogen-bond donors (Lipinski definition) is 0. The van der Waals surface area contributed by atoms with Crippen LogP contribution in [0.5, 0.6) is 0 Å². The van der Waals surface area contributed by atoms with Gasteiger partial charge >= 0.3 is 6.18 Å². The fourth-order valence-corrected chi connectivity index (χ4v) is 1.70. The molecule has 1 aromatic heterocycles. The van der Waals surface area contributed by atoms with Crippen molar-refractivity contribution in [2.75, 3.05) is 0 Å². The molecule has 2 rings (SSSR count). The number of benzene rings is 1. The lowest BCUT2D eigenvalue weighted by atomic mass is 10.1. The Kier molecular flexibility index (Phi) is 3.30. The highest BCUT2D eigenvalue weighted by atomic mass is 35.5. The van der Waals surface area contributed by atoms with Crippen molar-refractivity contribution in [2.24, 2.45) is 7.05 Å². The van der Waals surface area contributed by atoms with Crippen LogP contribution in [0.1, 0.15) is 11.4 Å². The Labute approximate surface area is 106 Å². The van der Waals surface area contributed by atoms with Crippen LogP contribution < -0.4 is 0 Å². The first-order valence-electron chi connectivity index (χ1n) is 5.05. The monoisotopic (exact) mass is 275 g/mol. The van der Waals surface area contributed by atoms with Crippen molar-refractivity contribution in [2.45, 2.75) is 12.1 Å². The molecular weight excluding hydrogens is 267 g/mol. The molecule has 0 atom stereocenters. The summed E-state index contributed by atoms with van der Waals surface area (Å²) < 4.78 is 38.7. The van der Waals surface area contributed by atoms with E-state index < -0.39 is 11.7 Å². The van der Waals surface area contributed by atoms with Crippen LogP contribution in [0.15, 0.2) is 24.3 Å². The second-order valence-corrected chi connectivity index (χ2v) is 3.95. The van der Waals surface area contributed by atoms with Crippen LogP contribution in [0.4, 0.5) is 13.2 Å². The van der Waals surface area contributed by atoms with Crippen molar-refractivity contribution in [3.05, 3.63) is 35.7 Å². The highest BCUT2D eigenvalue weighted by molar-refractivity contribution is 6.16. The molecule has 96 valence electrons. The third-order valence-corrected chi connectivity index (χ3v) is 2.68. The van der Waals surface area contributed by atoms with E-state index in [1.54, 1.807) is 7.05 Å². The van der Waals surface area contributed by atoms with Crippen LogP contribution in [0.25, 0.3) is 11.4 Å². The van der Waals surface area contributed by atoms with E-state index in [0.717, 1.165) is 12.1 Å². The smallest absolute Gasteiger partial charge is 0.251 e. The summed E-state index contributed by atoms with van der Waals surface area (Å²) >= 11 is 5.65. The maximum atomic E-state index is 12.4. The Morgan fingerprint density at radius 2 is 1.83 bits per heavy atom. The molecular formula is C11H9ClF3N3. The Morgan fingerprint density at radius 1 is 1.22 bits per heavy atom. The number of hydrogen-bond acceptors (Lipinski definition) is 2. The minimum Gasteiger partial charge on any atom is -0.251 e. The van der Waals surface area contributed by atoms with Crippen molar-refractivity contribution in [1.82, 2.24) is 14.8 Å². The molecule has 2 aromatic rings. The minimum absolute atomic E-state index is 0.199. The zero-order chi connectivity index (χ0) is 13.3. The zero-order valence-electron chi connectivity index (χ0n) is 9.37. The van der Waals surface area contributed by atoms with Crippen LogP contribution in [0.3, 0.4) is 0 Å². The molecule has 0 amide bonds. The van der Waals surface area contributed by atoms with Gasteiger partial charge in [-0.2, -0.15) is 18.3 Å². The van der Waals surface area contributed by atoms with Crippen LogP contribution in [-0.2, 0) is 19.1 Å². The first-order chi connectivity index (χ1) is 8.41. The van der Waals surface area contributed by atoms with Crippen LogP contribution in [0, 0.1) is 0 Å². The lowest BCUT2D eigenvalue weighted by Gasteiger charge is -2.06. The predicted octanol–water partition coefficient (Wildman–Crippen LogP) is 3.24. The summed E-state index contributed by atoms with van der Waals surface area (Å²) in [5.74, 6) is 1.12. The highest BCUT2D eigenvalue weighted by Crippen LogP contribution is 2.30. The number of aromatic nitrogens is 3. The van der Waals surface area contributed by atoms with Crippen molar-refractivity contribution in [3.8, 4) is 11.4 Å². The summed E-state index contributed by atoms with van der Waals surface area (Å²) in [5.41, 5.74) is -0.172. The number of nitrogens with zero attached hydrogens (tertiary/aromatic N) is 3. The van der Waals surface area contributed by atoms with Gasteiger partial charge in [-0.1, -0.05) is 12.1 Å². The van der Waals surface area contributed by atoms with E-state index in [4.69, 9.17) is 11.6 Å². The van der Waals surface area contributed by atoms with Crippen molar-refractivity contribution < 1.29 is 13.2 Å². The normalized spacial score (nSPS) is 11.8. The molecule has 0 bridgehead atoms. The summed E-state index contributed by atoms with van der Waals surface area (Å²) in [4.78, 5) is 4.13. The lowest BCUT2D eigenvalue weighted by molar-refractivity contribution is -0.137. The first-order valence-corrected chi connectivity index (χ1v) is 5.59. The summed E-state index contributed by atoms with van der Waals surface area (Å²) in [6, 6.07) is 4.70. The van der Waals surface area contributed by atoms with Gasteiger partial charge in [-0.25, -0.2) is 4.98 Å². The molecule has 0 aliphatic carbocycles. The molecule has 0 saturated carbocycles. The quantitative estimate of drug-likeness (QED) is 0.788. The molecule has 1 aromatic carbocycles. The Morgan fingerprint density at radius 3 is 2.28 bits per heavy atom. The van der Waals surface area contributed by atoms with Crippen LogP contribution in [-0.4, -0.2) is 14.8 Å². The molecule has 0 N–H and O–H groups in total. The summed E-state index contributed by atoms with van der Waals surface area (Å²) in [6.45, 7) is 0. The van der Waals surface area contributed by atoms with Gasteiger partial charge in [0.05, 0.1) is 11.4 Å². The average Bonchev–Trinajstić information content (AvgIpc) is 2.69. The van der Waals surface area contributed by atoms with E-state index in [9.17, 15) is 13.2 Å². The molecule has 7 heteroatoms. The SMILES string of the molecule is Cn1nc(-c2ccc(C(F)(F)F)cc2)nc1CCl. The number of aryl methyl sites for hydroxylation is 1. The summed E-state index contributed by atoms with van der Waals surface area (Å²) in [7, 11) is 1.68. The topological polar surface area (TPSA) is 30.7 Å². The third kappa shape index (κ3) is 2.48.